The highest BCUT2D eigenvalue weighted by molar-refractivity contribution is 5.94. The molecule has 1 aromatic heterocycles. The zero-order valence-electron chi connectivity index (χ0n) is 4.71. The lowest BCUT2D eigenvalue weighted by Crippen LogP contribution is -3.00. The van der Waals surface area contributed by atoms with Crippen LogP contribution in [-0.4, -0.2) is 16.5 Å². The SMILES string of the molecule is [AlH2][n+]1ccccc1.[Cl-]. The molecule has 0 aliphatic heterocycles. The van der Waals surface area contributed by atoms with E-state index in [4.69, 9.17) is 0 Å². The van der Waals surface area contributed by atoms with E-state index >= 15 is 0 Å². The number of hydrogen-bond acceptors (Lipinski definition) is 0. The molecule has 0 bridgehead atoms. The van der Waals surface area contributed by atoms with Gasteiger partial charge in [0.25, 0.3) is 0 Å². The van der Waals surface area contributed by atoms with Crippen molar-refractivity contribution in [2.45, 2.75) is 0 Å². The van der Waals surface area contributed by atoms with Gasteiger partial charge in [0, 0.05) is 0 Å². The highest BCUT2D eigenvalue weighted by Crippen LogP contribution is 1.71. The second kappa shape index (κ2) is 3.91. The van der Waals surface area contributed by atoms with Gasteiger partial charge in [-0.2, -0.15) is 0 Å². The summed E-state index contributed by atoms with van der Waals surface area (Å²) in [4.78, 5) is 0. The third-order valence-corrected chi connectivity index (χ3v) is 1.46. The minimum atomic E-state index is 0. The van der Waals surface area contributed by atoms with Crippen LogP contribution in [0.25, 0.3) is 0 Å². The molecule has 0 amide bonds. The number of pyridine rings is 1. The predicted molar refractivity (Wildman–Crippen MR) is 30.6 cm³/mol. The Morgan fingerprint density at radius 3 is 1.75 bits per heavy atom. The van der Waals surface area contributed by atoms with Crippen LogP contribution in [-0.2, 0) is 0 Å². The number of hydrogen-bond donors (Lipinski definition) is 0. The molecule has 8 heavy (non-hydrogen) atoms. The molecule has 1 heterocycles. The van der Waals surface area contributed by atoms with Gasteiger partial charge in [-0.1, -0.05) is 6.07 Å². The lowest BCUT2D eigenvalue weighted by atomic mass is 10.5. The molecule has 0 aliphatic rings. The molecule has 0 aromatic carbocycles. The Balaban J connectivity index is 0.000000490. The molecule has 0 radical (unpaired) electrons. The van der Waals surface area contributed by atoms with Crippen molar-refractivity contribution in [2.24, 2.45) is 0 Å². The number of halogens is 1. The lowest BCUT2D eigenvalue weighted by molar-refractivity contribution is -0.521. The third kappa shape index (κ3) is 2.32. The van der Waals surface area contributed by atoms with E-state index in [1.807, 2.05) is 18.2 Å². The maximum Gasteiger partial charge on any atom is 0.699 e. The van der Waals surface area contributed by atoms with E-state index in [-0.39, 0.29) is 12.4 Å². The van der Waals surface area contributed by atoms with Gasteiger partial charge in [-0.15, -0.1) is 0 Å². The Hall–Kier alpha value is -0.0275. The van der Waals surface area contributed by atoms with E-state index in [1.165, 1.54) is 0 Å². The van der Waals surface area contributed by atoms with Crippen LogP contribution in [0.1, 0.15) is 0 Å². The molecule has 1 rings (SSSR count). The summed E-state index contributed by atoms with van der Waals surface area (Å²) < 4.78 is 2.14. The molecule has 0 aliphatic carbocycles. The van der Waals surface area contributed by atoms with Crippen LogP contribution >= 0.6 is 0 Å². The predicted octanol–water partition coefficient (Wildman–Crippen LogP) is -3.63. The molecular weight excluding hydrogens is 136 g/mol. The average molecular weight is 144 g/mol. The number of nitrogens with zero attached hydrogens (tertiary/aromatic N) is 1. The summed E-state index contributed by atoms with van der Waals surface area (Å²) in [6.07, 6.45) is 4.12. The fourth-order valence-electron chi connectivity index (χ4n) is 0.485. The Bertz CT molecular complexity index is 142. The molecule has 0 saturated heterocycles. The first-order chi connectivity index (χ1) is 3.39. The van der Waals surface area contributed by atoms with Crippen molar-refractivity contribution in [3.8, 4) is 0 Å². The standard InChI is InChI=1S/C5H5N.Al.ClH.2H/c1-2-4-6-5-3-1;;;;/h1-5H;;1H;;/q;+1;;;/p-1. The third-order valence-electron chi connectivity index (χ3n) is 0.865. The van der Waals surface area contributed by atoms with Gasteiger partial charge in [0.15, 0.2) is 0 Å². The van der Waals surface area contributed by atoms with Crippen LogP contribution in [0, 0.1) is 0 Å². The summed E-state index contributed by atoms with van der Waals surface area (Å²) in [7, 11) is 0. The van der Waals surface area contributed by atoms with Crippen LogP contribution < -0.4 is 16.0 Å². The van der Waals surface area contributed by atoms with Crippen molar-refractivity contribution in [2.75, 3.05) is 0 Å². The van der Waals surface area contributed by atoms with Crippen molar-refractivity contribution in [1.29, 1.82) is 0 Å². The van der Waals surface area contributed by atoms with E-state index in [0.29, 0.717) is 0 Å². The summed E-state index contributed by atoms with van der Waals surface area (Å²) in [5.74, 6) is 0. The minimum absolute atomic E-state index is 0. The van der Waals surface area contributed by atoms with Gasteiger partial charge >= 0.3 is 16.5 Å². The molecule has 3 heteroatoms. The molecule has 1 aromatic rings. The van der Waals surface area contributed by atoms with Gasteiger partial charge < -0.3 is 16.0 Å². The Morgan fingerprint density at radius 1 is 1.00 bits per heavy atom. The molecule has 1 nitrogen and oxygen atoms in total. The van der Waals surface area contributed by atoms with Gasteiger partial charge in [0.1, 0.15) is 12.4 Å². The quantitative estimate of drug-likeness (QED) is 0.330. The van der Waals surface area contributed by atoms with Crippen molar-refractivity contribution in [3.05, 3.63) is 30.6 Å². The van der Waals surface area contributed by atoms with Gasteiger partial charge in [-0.05, 0) is 12.1 Å². The zero-order valence-corrected chi connectivity index (χ0v) is 7.47. The van der Waals surface area contributed by atoms with Gasteiger partial charge in [-0.3, -0.25) is 0 Å². The second-order valence-electron chi connectivity index (χ2n) is 1.54. The molecule has 0 atom stereocenters. The monoisotopic (exact) mass is 143 g/mol. The van der Waals surface area contributed by atoms with Crippen molar-refractivity contribution in [3.63, 3.8) is 0 Å². The van der Waals surface area contributed by atoms with E-state index in [2.05, 4.69) is 15.9 Å². The fraction of sp³-hybridized carbons (Fsp3) is 0. The topological polar surface area (TPSA) is 3.88 Å². The fourth-order valence-corrected chi connectivity index (χ4v) is 0.829. The molecule has 0 spiro atoms. The Morgan fingerprint density at radius 2 is 1.50 bits per heavy atom. The van der Waals surface area contributed by atoms with Crippen LogP contribution in [0.4, 0.5) is 0 Å². The van der Waals surface area contributed by atoms with E-state index in [1.54, 1.807) is 0 Å². The lowest BCUT2D eigenvalue weighted by Gasteiger charge is -1.82. The average Bonchev–Trinajstić information content (AvgIpc) is 1.69. The molecular formula is C5H7AlClN. The van der Waals surface area contributed by atoms with Crippen LogP contribution in [0.2, 0.25) is 0 Å². The molecule has 0 fully saturated rings. The summed E-state index contributed by atoms with van der Waals surface area (Å²) in [6, 6.07) is 6.09. The molecule has 0 N–H and O–H groups in total. The maximum absolute atomic E-state index is 2.14. The number of aromatic nitrogens is 1. The summed E-state index contributed by atoms with van der Waals surface area (Å²) in [5, 5.41) is 0. The summed E-state index contributed by atoms with van der Waals surface area (Å²) in [5.41, 5.74) is 0. The normalized spacial score (nSPS) is 7.50. The number of rotatable bonds is 0. The van der Waals surface area contributed by atoms with Crippen LogP contribution in [0.5, 0.6) is 0 Å². The van der Waals surface area contributed by atoms with E-state index in [0.717, 1.165) is 16.5 Å². The van der Waals surface area contributed by atoms with Crippen LogP contribution in [0.3, 0.4) is 0 Å². The van der Waals surface area contributed by atoms with Crippen molar-refractivity contribution < 1.29 is 16.0 Å². The zero-order chi connectivity index (χ0) is 5.11. The molecule has 0 saturated carbocycles. The summed E-state index contributed by atoms with van der Waals surface area (Å²) in [6.45, 7) is 0. The largest absolute Gasteiger partial charge is 1.00 e. The second-order valence-corrected chi connectivity index (χ2v) is 2.57. The van der Waals surface area contributed by atoms with E-state index < -0.39 is 0 Å². The van der Waals surface area contributed by atoms with Gasteiger partial charge in [0.2, 0.25) is 0 Å². The maximum atomic E-state index is 2.14. The van der Waals surface area contributed by atoms with Crippen molar-refractivity contribution >= 4 is 16.5 Å². The minimum Gasteiger partial charge on any atom is -1.00 e. The highest BCUT2D eigenvalue weighted by atomic mass is 35.5. The van der Waals surface area contributed by atoms with Gasteiger partial charge in [0.05, 0.1) is 0 Å². The first-order valence-electron chi connectivity index (χ1n) is 2.30. The van der Waals surface area contributed by atoms with Crippen molar-refractivity contribution in [1.82, 2.24) is 0 Å². The molecule has 0 unspecified atom stereocenters. The van der Waals surface area contributed by atoms with Crippen LogP contribution in [0.15, 0.2) is 30.6 Å². The first-order valence-corrected chi connectivity index (χ1v) is 3.19. The Labute approximate surface area is 63.4 Å². The Kier molecular flexibility index (Phi) is 3.90. The molecule has 42 valence electrons. The van der Waals surface area contributed by atoms with E-state index in [9.17, 15) is 0 Å². The highest BCUT2D eigenvalue weighted by Gasteiger charge is 1.79. The summed E-state index contributed by atoms with van der Waals surface area (Å²) >= 11 is 1.09. The first kappa shape index (κ1) is 7.97. The van der Waals surface area contributed by atoms with Gasteiger partial charge in [-0.25, -0.2) is 0 Å². The smallest absolute Gasteiger partial charge is 0.699 e.